The van der Waals surface area contributed by atoms with Crippen molar-refractivity contribution in [3.63, 3.8) is 0 Å². The smallest absolute Gasteiger partial charge is 0.211 e. The Kier molecular flexibility index (Phi) is 2.61. The van der Waals surface area contributed by atoms with Gasteiger partial charge in [0, 0.05) is 10.1 Å². The lowest BCUT2D eigenvalue weighted by Gasteiger charge is -2.37. The van der Waals surface area contributed by atoms with Crippen molar-refractivity contribution in [2.45, 2.75) is 48.3 Å². The van der Waals surface area contributed by atoms with Crippen molar-refractivity contribution < 1.29 is 4.79 Å². The molecule has 1 aromatic rings. The average molecular weight is 245 g/mol. The van der Waals surface area contributed by atoms with E-state index in [1.54, 1.807) is 6.08 Å². The van der Waals surface area contributed by atoms with Gasteiger partial charge in [0.05, 0.1) is 5.54 Å². The molecule has 0 bridgehead atoms. The van der Waals surface area contributed by atoms with Crippen molar-refractivity contribution in [3.05, 3.63) is 29.3 Å². The summed E-state index contributed by atoms with van der Waals surface area (Å²) in [5, 5.41) is 0.673. The summed E-state index contributed by atoms with van der Waals surface area (Å²) < 4.78 is 0. The van der Waals surface area contributed by atoms with Crippen molar-refractivity contribution in [3.8, 4) is 0 Å². The number of benzene rings is 1. The standard InChI is InChI=1S/C14H15NOS/c1-10-7-11-3-4-12(8-13(11)17-10)14(15-9-16)5-2-6-14/h3-4,8,10H,2,5-7H2,1H3. The normalized spacial score (nSPS) is 24.6. The molecule has 88 valence electrons. The lowest BCUT2D eigenvalue weighted by atomic mass is 9.72. The highest BCUT2D eigenvalue weighted by Crippen LogP contribution is 2.47. The number of fused-ring (bicyclic) bond motifs is 1. The van der Waals surface area contributed by atoms with Crippen LogP contribution in [-0.2, 0) is 16.8 Å². The fraction of sp³-hybridized carbons (Fsp3) is 0.500. The first-order chi connectivity index (χ1) is 8.23. The predicted octanol–water partition coefficient (Wildman–Crippen LogP) is 3.44. The average Bonchev–Trinajstić information content (AvgIpc) is 2.62. The molecule has 0 aromatic heterocycles. The first-order valence-electron chi connectivity index (χ1n) is 6.13. The molecule has 1 fully saturated rings. The molecule has 1 aliphatic heterocycles. The maximum atomic E-state index is 10.6. The zero-order valence-electron chi connectivity index (χ0n) is 9.90. The summed E-state index contributed by atoms with van der Waals surface area (Å²) in [6.07, 6.45) is 6.04. The number of thioether (sulfide) groups is 1. The van der Waals surface area contributed by atoms with E-state index in [0.29, 0.717) is 5.25 Å². The SMILES string of the molecule is CC1Cc2ccc(C3(N=C=O)CCC3)cc2S1. The van der Waals surface area contributed by atoms with Gasteiger partial charge < -0.3 is 0 Å². The highest BCUT2D eigenvalue weighted by atomic mass is 32.2. The van der Waals surface area contributed by atoms with Crippen LogP contribution in [0.2, 0.25) is 0 Å². The number of carbonyl (C=O) groups excluding carboxylic acids is 1. The molecule has 2 nitrogen and oxygen atoms in total. The van der Waals surface area contributed by atoms with Gasteiger partial charge in [0.2, 0.25) is 6.08 Å². The molecular formula is C14H15NOS. The molecule has 3 heteroatoms. The number of isocyanates is 1. The van der Waals surface area contributed by atoms with Crippen LogP contribution in [0, 0.1) is 0 Å². The summed E-state index contributed by atoms with van der Waals surface area (Å²) in [5.41, 5.74) is 2.40. The first kappa shape index (κ1) is 11.1. The topological polar surface area (TPSA) is 29.4 Å². The third-order valence-electron chi connectivity index (χ3n) is 3.88. The Bertz CT molecular complexity index is 501. The molecule has 1 saturated carbocycles. The van der Waals surface area contributed by atoms with Crippen LogP contribution >= 0.6 is 11.8 Å². The number of aliphatic imine (C=N–C) groups is 1. The minimum Gasteiger partial charge on any atom is -0.211 e. The lowest BCUT2D eigenvalue weighted by Crippen LogP contribution is -2.31. The zero-order chi connectivity index (χ0) is 11.9. The number of nitrogens with zero attached hydrogens (tertiary/aromatic N) is 1. The third-order valence-corrected chi connectivity index (χ3v) is 5.08. The summed E-state index contributed by atoms with van der Waals surface area (Å²) in [6.45, 7) is 2.26. The van der Waals surface area contributed by atoms with E-state index in [-0.39, 0.29) is 5.54 Å². The van der Waals surface area contributed by atoms with Crippen LogP contribution in [0.15, 0.2) is 28.1 Å². The molecule has 2 aliphatic rings. The lowest BCUT2D eigenvalue weighted by molar-refractivity contribution is 0.255. The van der Waals surface area contributed by atoms with Crippen molar-refractivity contribution in [2.24, 2.45) is 4.99 Å². The number of hydrogen-bond acceptors (Lipinski definition) is 3. The molecule has 1 aromatic carbocycles. The van der Waals surface area contributed by atoms with Crippen LogP contribution < -0.4 is 0 Å². The minimum absolute atomic E-state index is 0.247. The molecule has 17 heavy (non-hydrogen) atoms. The molecule has 0 saturated heterocycles. The number of rotatable bonds is 2. The van der Waals surface area contributed by atoms with Crippen molar-refractivity contribution in [1.29, 1.82) is 0 Å². The van der Waals surface area contributed by atoms with Gasteiger partial charge in [0.1, 0.15) is 0 Å². The Balaban J connectivity index is 2.00. The molecule has 3 rings (SSSR count). The molecule has 0 spiro atoms. The summed E-state index contributed by atoms with van der Waals surface area (Å²) >= 11 is 1.93. The van der Waals surface area contributed by atoms with Gasteiger partial charge in [-0.15, -0.1) is 11.8 Å². The monoisotopic (exact) mass is 245 g/mol. The minimum atomic E-state index is -0.247. The van der Waals surface area contributed by atoms with Gasteiger partial charge in [-0.05, 0) is 42.9 Å². The van der Waals surface area contributed by atoms with E-state index in [9.17, 15) is 4.79 Å². The van der Waals surface area contributed by atoms with Gasteiger partial charge in [-0.1, -0.05) is 19.1 Å². The molecule has 0 radical (unpaired) electrons. The van der Waals surface area contributed by atoms with Crippen molar-refractivity contribution in [1.82, 2.24) is 0 Å². The van der Waals surface area contributed by atoms with Crippen molar-refractivity contribution >= 4 is 17.8 Å². The van der Waals surface area contributed by atoms with Crippen LogP contribution in [0.3, 0.4) is 0 Å². The Hall–Kier alpha value is -1.05. The summed E-state index contributed by atoms with van der Waals surface area (Å²) in [5.74, 6) is 0. The maximum Gasteiger partial charge on any atom is 0.235 e. The summed E-state index contributed by atoms with van der Waals surface area (Å²) in [4.78, 5) is 16.0. The van der Waals surface area contributed by atoms with E-state index in [1.807, 2.05) is 11.8 Å². The fourth-order valence-corrected chi connectivity index (χ4v) is 3.95. The maximum absolute atomic E-state index is 10.6. The van der Waals surface area contributed by atoms with Gasteiger partial charge in [0.15, 0.2) is 0 Å². The molecule has 1 unspecified atom stereocenters. The second kappa shape index (κ2) is 4.01. The summed E-state index contributed by atoms with van der Waals surface area (Å²) in [6, 6.07) is 6.60. The van der Waals surface area contributed by atoms with Gasteiger partial charge in [-0.25, -0.2) is 4.79 Å². The molecule has 1 atom stereocenters. The zero-order valence-corrected chi connectivity index (χ0v) is 10.7. The molecule has 0 N–H and O–H groups in total. The molecule has 1 heterocycles. The Morgan fingerprint density at radius 3 is 2.94 bits per heavy atom. The third kappa shape index (κ3) is 1.74. The molecular weight excluding hydrogens is 230 g/mol. The fourth-order valence-electron chi connectivity index (χ4n) is 2.75. The molecule has 0 amide bonds. The highest BCUT2D eigenvalue weighted by molar-refractivity contribution is 8.00. The van der Waals surface area contributed by atoms with Crippen LogP contribution in [-0.4, -0.2) is 11.3 Å². The van der Waals surface area contributed by atoms with E-state index < -0.39 is 0 Å². The van der Waals surface area contributed by atoms with Crippen LogP contribution in [0.1, 0.15) is 37.3 Å². The molecule has 1 aliphatic carbocycles. The highest BCUT2D eigenvalue weighted by Gasteiger charge is 2.39. The van der Waals surface area contributed by atoms with E-state index in [1.165, 1.54) is 16.0 Å². The largest absolute Gasteiger partial charge is 0.235 e. The van der Waals surface area contributed by atoms with Crippen LogP contribution in [0.4, 0.5) is 0 Å². The Morgan fingerprint density at radius 1 is 1.47 bits per heavy atom. The quantitative estimate of drug-likeness (QED) is 0.590. The predicted molar refractivity (Wildman–Crippen MR) is 69.1 cm³/mol. The van der Waals surface area contributed by atoms with E-state index >= 15 is 0 Å². The number of hydrogen-bond donors (Lipinski definition) is 0. The van der Waals surface area contributed by atoms with Crippen LogP contribution in [0.5, 0.6) is 0 Å². The van der Waals surface area contributed by atoms with Gasteiger partial charge in [0.25, 0.3) is 0 Å². The van der Waals surface area contributed by atoms with Crippen molar-refractivity contribution in [2.75, 3.05) is 0 Å². The Labute approximate surface area is 106 Å². The van der Waals surface area contributed by atoms with E-state index in [0.717, 1.165) is 25.7 Å². The first-order valence-corrected chi connectivity index (χ1v) is 7.01. The second-order valence-corrected chi connectivity index (χ2v) is 6.52. The van der Waals surface area contributed by atoms with Gasteiger partial charge in [-0.2, -0.15) is 4.99 Å². The Morgan fingerprint density at radius 2 is 2.29 bits per heavy atom. The van der Waals surface area contributed by atoms with Gasteiger partial charge >= 0.3 is 0 Å². The summed E-state index contributed by atoms with van der Waals surface area (Å²) in [7, 11) is 0. The van der Waals surface area contributed by atoms with Crippen LogP contribution in [0.25, 0.3) is 0 Å². The van der Waals surface area contributed by atoms with Gasteiger partial charge in [-0.3, -0.25) is 0 Å². The van der Waals surface area contributed by atoms with E-state index in [2.05, 4.69) is 30.1 Å². The van der Waals surface area contributed by atoms with E-state index in [4.69, 9.17) is 0 Å². The second-order valence-electron chi connectivity index (χ2n) is 5.04.